The van der Waals surface area contributed by atoms with Gasteiger partial charge in [0.2, 0.25) is 0 Å². The Morgan fingerprint density at radius 1 is 1.05 bits per heavy atom. The molecule has 0 amide bonds. The van der Waals surface area contributed by atoms with Gasteiger partial charge in [0.15, 0.2) is 5.78 Å². The summed E-state index contributed by atoms with van der Waals surface area (Å²) >= 11 is 3.36. The van der Waals surface area contributed by atoms with E-state index in [1.165, 1.54) is 0 Å². The van der Waals surface area contributed by atoms with Crippen molar-refractivity contribution in [3.05, 3.63) is 52.0 Å². The van der Waals surface area contributed by atoms with Gasteiger partial charge in [-0.05, 0) is 30.3 Å². The molecule has 0 fully saturated rings. The molecule has 0 saturated heterocycles. The number of halogens is 1. The summed E-state index contributed by atoms with van der Waals surface area (Å²) < 4.78 is 11.0. The van der Waals surface area contributed by atoms with Gasteiger partial charge < -0.3 is 15.2 Å². The van der Waals surface area contributed by atoms with Gasteiger partial charge >= 0.3 is 0 Å². The van der Waals surface area contributed by atoms with Gasteiger partial charge in [-0.15, -0.1) is 0 Å². The molecule has 5 heteroatoms. The van der Waals surface area contributed by atoms with Crippen LogP contribution in [0.3, 0.4) is 0 Å². The Labute approximate surface area is 125 Å². The summed E-state index contributed by atoms with van der Waals surface area (Å²) in [7, 11) is 3.08. The number of carbonyl (C=O) groups excluding carboxylic acids is 1. The number of hydrogen-bond acceptors (Lipinski definition) is 4. The highest BCUT2D eigenvalue weighted by Gasteiger charge is 2.15. The van der Waals surface area contributed by atoms with Crippen LogP contribution in [0.15, 0.2) is 40.9 Å². The fourth-order valence-corrected chi connectivity index (χ4v) is 2.24. The number of nitrogen functional groups attached to an aromatic ring is 1. The summed E-state index contributed by atoms with van der Waals surface area (Å²) in [6, 6.07) is 10.2. The second-order valence-corrected chi connectivity index (χ2v) is 5.02. The van der Waals surface area contributed by atoms with Gasteiger partial charge in [0.1, 0.15) is 11.5 Å². The molecule has 0 aliphatic carbocycles. The third-order valence-electron chi connectivity index (χ3n) is 2.85. The first-order valence-electron chi connectivity index (χ1n) is 5.88. The lowest BCUT2D eigenvalue weighted by atomic mass is 10.0. The molecule has 0 atom stereocenters. The zero-order valence-corrected chi connectivity index (χ0v) is 12.7. The van der Waals surface area contributed by atoms with Crippen molar-refractivity contribution in [1.82, 2.24) is 0 Å². The zero-order chi connectivity index (χ0) is 14.7. The van der Waals surface area contributed by atoms with Crippen molar-refractivity contribution in [3.63, 3.8) is 0 Å². The Balaban J connectivity index is 2.50. The van der Waals surface area contributed by atoms with E-state index < -0.39 is 0 Å². The summed E-state index contributed by atoms with van der Waals surface area (Å²) in [5.74, 6) is 0.974. The predicted octanol–water partition coefficient (Wildman–Crippen LogP) is 3.28. The predicted molar refractivity (Wildman–Crippen MR) is 81.5 cm³/mol. The van der Waals surface area contributed by atoms with Gasteiger partial charge in [-0.25, -0.2) is 0 Å². The van der Waals surface area contributed by atoms with Crippen LogP contribution < -0.4 is 15.2 Å². The molecule has 0 bridgehead atoms. The van der Waals surface area contributed by atoms with Crippen molar-refractivity contribution in [3.8, 4) is 11.5 Å². The Bertz CT molecular complexity index is 633. The van der Waals surface area contributed by atoms with Crippen LogP contribution in [0, 0.1) is 0 Å². The minimum Gasteiger partial charge on any atom is -0.497 e. The second kappa shape index (κ2) is 5.96. The third kappa shape index (κ3) is 2.93. The van der Waals surface area contributed by atoms with Crippen LogP contribution in [0.5, 0.6) is 11.5 Å². The van der Waals surface area contributed by atoms with Crippen molar-refractivity contribution >= 4 is 27.4 Å². The molecule has 0 aromatic heterocycles. The summed E-state index contributed by atoms with van der Waals surface area (Å²) in [6.07, 6.45) is 0. The standard InChI is InChI=1S/C15H14BrNO3/c1-19-11-5-9(6-12(8-11)20-2)15(18)13-7-10(17)3-4-14(13)16/h3-8H,17H2,1-2H3. The highest BCUT2D eigenvalue weighted by molar-refractivity contribution is 9.10. The van der Waals surface area contributed by atoms with E-state index >= 15 is 0 Å². The van der Waals surface area contributed by atoms with Crippen LogP contribution in [-0.4, -0.2) is 20.0 Å². The molecule has 0 aliphatic heterocycles. The molecular weight excluding hydrogens is 322 g/mol. The molecule has 0 saturated carbocycles. The average Bonchev–Trinajstić information content (AvgIpc) is 2.48. The number of rotatable bonds is 4. The minimum atomic E-state index is -0.152. The lowest BCUT2D eigenvalue weighted by Crippen LogP contribution is -2.04. The SMILES string of the molecule is COc1cc(OC)cc(C(=O)c2cc(N)ccc2Br)c1. The van der Waals surface area contributed by atoms with Crippen LogP contribution >= 0.6 is 15.9 Å². The molecular formula is C15H14BrNO3. The van der Waals surface area contributed by atoms with Gasteiger partial charge in [-0.1, -0.05) is 15.9 Å². The van der Waals surface area contributed by atoms with Gasteiger partial charge in [-0.2, -0.15) is 0 Å². The summed E-state index contributed by atoms with van der Waals surface area (Å²) in [5.41, 5.74) is 7.25. The fourth-order valence-electron chi connectivity index (χ4n) is 1.81. The summed E-state index contributed by atoms with van der Waals surface area (Å²) in [6.45, 7) is 0. The molecule has 0 unspecified atom stereocenters. The first kappa shape index (κ1) is 14.4. The number of benzene rings is 2. The monoisotopic (exact) mass is 335 g/mol. The van der Waals surface area contributed by atoms with Crippen LogP contribution in [-0.2, 0) is 0 Å². The van der Waals surface area contributed by atoms with E-state index in [1.807, 2.05) is 0 Å². The topological polar surface area (TPSA) is 61.5 Å². The molecule has 104 valence electrons. The molecule has 2 rings (SSSR count). The van der Waals surface area contributed by atoms with Crippen molar-refractivity contribution in [2.75, 3.05) is 20.0 Å². The first-order valence-corrected chi connectivity index (χ1v) is 6.67. The molecule has 0 heterocycles. The Morgan fingerprint density at radius 2 is 1.65 bits per heavy atom. The largest absolute Gasteiger partial charge is 0.497 e. The Morgan fingerprint density at radius 3 is 2.20 bits per heavy atom. The summed E-state index contributed by atoms with van der Waals surface area (Å²) in [5, 5.41) is 0. The Kier molecular flexibility index (Phi) is 4.29. The van der Waals surface area contributed by atoms with Crippen LogP contribution in [0.4, 0.5) is 5.69 Å². The number of methoxy groups -OCH3 is 2. The van der Waals surface area contributed by atoms with Crippen LogP contribution in [0.1, 0.15) is 15.9 Å². The second-order valence-electron chi connectivity index (χ2n) is 4.17. The molecule has 0 radical (unpaired) electrons. The lowest BCUT2D eigenvalue weighted by molar-refractivity contribution is 0.103. The van der Waals surface area contributed by atoms with E-state index in [0.717, 1.165) is 0 Å². The maximum atomic E-state index is 12.6. The normalized spacial score (nSPS) is 10.2. The van der Waals surface area contributed by atoms with E-state index in [9.17, 15) is 4.79 Å². The number of ketones is 1. The molecule has 0 aliphatic rings. The highest BCUT2D eigenvalue weighted by atomic mass is 79.9. The van der Waals surface area contributed by atoms with Crippen LogP contribution in [0.2, 0.25) is 0 Å². The quantitative estimate of drug-likeness (QED) is 0.688. The van der Waals surface area contributed by atoms with E-state index in [2.05, 4.69) is 15.9 Å². The van der Waals surface area contributed by atoms with E-state index in [1.54, 1.807) is 50.6 Å². The number of nitrogens with two attached hydrogens (primary N) is 1. The number of hydrogen-bond donors (Lipinski definition) is 1. The lowest BCUT2D eigenvalue weighted by Gasteiger charge is -2.09. The number of anilines is 1. The zero-order valence-electron chi connectivity index (χ0n) is 11.1. The molecule has 2 aromatic carbocycles. The van der Waals surface area contributed by atoms with Crippen molar-refractivity contribution < 1.29 is 14.3 Å². The van der Waals surface area contributed by atoms with Gasteiger partial charge in [0.05, 0.1) is 14.2 Å². The number of ether oxygens (including phenoxy) is 2. The van der Waals surface area contributed by atoms with Crippen molar-refractivity contribution in [2.45, 2.75) is 0 Å². The van der Waals surface area contributed by atoms with E-state index in [-0.39, 0.29) is 5.78 Å². The van der Waals surface area contributed by atoms with Crippen molar-refractivity contribution in [1.29, 1.82) is 0 Å². The van der Waals surface area contributed by atoms with Gasteiger partial charge in [-0.3, -0.25) is 4.79 Å². The van der Waals surface area contributed by atoms with E-state index in [4.69, 9.17) is 15.2 Å². The van der Waals surface area contributed by atoms with Crippen LogP contribution in [0.25, 0.3) is 0 Å². The van der Waals surface area contributed by atoms with E-state index in [0.29, 0.717) is 32.8 Å². The molecule has 4 nitrogen and oxygen atoms in total. The van der Waals surface area contributed by atoms with Gasteiger partial charge in [0.25, 0.3) is 0 Å². The first-order chi connectivity index (χ1) is 9.55. The summed E-state index contributed by atoms with van der Waals surface area (Å²) in [4.78, 5) is 12.6. The smallest absolute Gasteiger partial charge is 0.194 e. The highest BCUT2D eigenvalue weighted by Crippen LogP contribution is 2.27. The maximum absolute atomic E-state index is 12.6. The molecule has 20 heavy (non-hydrogen) atoms. The average molecular weight is 336 g/mol. The third-order valence-corrected chi connectivity index (χ3v) is 3.54. The fraction of sp³-hybridized carbons (Fsp3) is 0.133. The molecule has 2 N–H and O–H groups in total. The molecule has 0 spiro atoms. The van der Waals surface area contributed by atoms with Gasteiger partial charge in [0, 0.05) is 27.4 Å². The maximum Gasteiger partial charge on any atom is 0.194 e. The Hall–Kier alpha value is -2.01. The minimum absolute atomic E-state index is 0.152. The van der Waals surface area contributed by atoms with Crippen molar-refractivity contribution in [2.24, 2.45) is 0 Å². The molecule has 2 aromatic rings. The number of carbonyl (C=O) groups is 1.